The molecule has 0 aliphatic carbocycles. The highest BCUT2D eigenvalue weighted by Gasteiger charge is 2.29. The number of hydrogen-bond acceptors (Lipinski definition) is 5. The van der Waals surface area contributed by atoms with Crippen LogP contribution in [-0.2, 0) is 9.53 Å². The van der Waals surface area contributed by atoms with E-state index in [1.807, 2.05) is 6.92 Å². The van der Waals surface area contributed by atoms with Crippen LogP contribution in [0.25, 0.3) is 0 Å². The van der Waals surface area contributed by atoms with Gasteiger partial charge in [0.2, 0.25) is 0 Å². The van der Waals surface area contributed by atoms with Gasteiger partial charge in [-0.1, -0.05) is 0 Å². The smallest absolute Gasteiger partial charge is 0.310 e. The maximum atomic E-state index is 12.2. The van der Waals surface area contributed by atoms with Crippen molar-refractivity contribution in [3.8, 4) is 0 Å². The van der Waals surface area contributed by atoms with Crippen LogP contribution in [0, 0.1) is 12.8 Å². The van der Waals surface area contributed by atoms with Crippen LogP contribution in [0.15, 0.2) is 12.4 Å². The van der Waals surface area contributed by atoms with Crippen molar-refractivity contribution in [2.45, 2.75) is 19.8 Å². The first kappa shape index (κ1) is 13.5. The Hall–Kier alpha value is -1.98. The van der Waals surface area contributed by atoms with Gasteiger partial charge in [0.15, 0.2) is 0 Å². The van der Waals surface area contributed by atoms with Gasteiger partial charge in [-0.15, -0.1) is 0 Å². The molecule has 1 saturated heterocycles. The Bertz CT molecular complexity index is 473. The van der Waals surface area contributed by atoms with Gasteiger partial charge in [-0.05, 0) is 19.8 Å². The predicted molar refractivity (Wildman–Crippen MR) is 67.4 cm³/mol. The molecule has 1 amide bonds. The minimum atomic E-state index is -0.257. The predicted octanol–water partition coefficient (Wildman–Crippen LogP) is 0.810. The second-order valence-electron chi connectivity index (χ2n) is 4.66. The van der Waals surface area contributed by atoms with E-state index >= 15 is 0 Å². The van der Waals surface area contributed by atoms with Crippen LogP contribution in [0.3, 0.4) is 0 Å². The molecule has 0 N–H and O–H groups in total. The average Bonchev–Trinajstić information content (AvgIpc) is 2.46. The fourth-order valence-electron chi connectivity index (χ4n) is 2.19. The number of amides is 1. The number of hydrogen-bond donors (Lipinski definition) is 0. The Kier molecular flexibility index (Phi) is 4.09. The largest absolute Gasteiger partial charge is 0.469 e. The molecular weight excluding hydrogens is 246 g/mol. The van der Waals surface area contributed by atoms with Gasteiger partial charge in [-0.2, -0.15) is 0 Å². The standard InChI is InChI=1S/C13H17N3O3/c1-9-6-15-11(7-14-9)12(17)16-5-3-4-10(8-16)13(18)19-2/h6-7,10H,3-5,8H2,1-2H3. The normalized spacial score (nSPS) is 19.1. The third-order valence-electron chi connectivity index (χ3n) is 3.24. The number of nitrogens with zero attached hydrogens (tertiary/aromatic N) is 3. The molecule has 0 saturated carbocycles. The zero-order valence-corrected chi connectivity index (χ0v) is 11.1. The van der Waals surface area contributed by atoms with E-state index in [0.29, 0.717) is 18.8 Å². The third kappa shape index (κ3) is 3.07. The molecule has 2 heterocycles. The van der Waals surface area contributed by atoms with Crippen molar-refractivity contribution in [1.29, 1.82) is 0 Å². The first-order valence-electron chi connectivity index (χ1n) is 6.27. The lowest BCUT2D eigenvalue weighted by molar-refractivity contribution is -0.146. The number of carbonyl (C=O) groups excluding carboxylic acids is 2. The SMILES string of the molecule is COC(=O)C1CCCN(C(=O)c2cnc(C)cn2)C1. The molecular formula is C13H17N3O3. The number of carbonyl (C=O) groups is 2. The molecule has 6 heteroatoms. The summed E-state index contributed by atoms with van der Waals surface area (Å²) in [6, 6.07) is 0. The molecule has 1 aliphatic heterocycles. The Morgan fingerprint density at radius 3 is 2.79 bits per heavy atom. The van der Waals surface area contributed by atoms with Gasteiger partial charge in [0.25, 0.3) is 5.91 Å². The van der Waals surface area contributed by atoms with Crippen LogP contribution in [-0.4, -0.2) is 46.9 Å². The zero-order chi connectivity index (χ0) is 13.8. The Morgan fingerprint density at radius 1 is 1.37 bits per heavy atom. The molecule has 1 aromatic heterocycles. The topological polar surface area (TPSA) is 72.4 Å². The lowest BCUT2D eigenvalue weighted by Gasteiger charge is -2.31. The molecule has 19 heavy (non-hydrogen) atoms. The van der Waals surface area contributed by atoms with E-state index in [-0.39, 0.29) is 17.8 Å². The molecule has 0 spiro atoms. The van der Waals surface area contributed by atoms with E-state index in [1.165, 1.54) is 13.3 Å². The van der Waals surface area contributed by atoms with Crippen LogP contribution in [0.4, 0.5) is 0 Å². The summed E-state index contributed by atoms with van der Waals surface area (Å²) in [5.74, 6) is -0.672. The molecule has 1 fully saturated rings. The van der Waals surface area contributed by atoms with E-state index in [0.717, 1.165) is 18.5 Å². The van der Waals surface area contributed by atoms with Crippen LogP contribution in [0.5, 0.6) is 0 Å². The number of likely N-dealkylation sites (tertiary alicyclic amines) is 1. The highest BCUT2D eigenvalue weighted by Crippen LogP contribution is 2.19. The number of piperidine rings is 1. The van der Waals surface area contributed by atoms with Crippen molar-refractivity contribution >= 4 is 11.9 Å². The van der Waals surface area contributed by atoms with E-state index in [2.05, 4.69) is 9.97 Å². The summed E-state index contributed by atoms with van der Waals surface area (Å²) >= 11 is 0. The van der Waals surface area contributed by atoms with Gasteiger partial charge in [0, 0.05) is 19.3 Å². The van der Waals surface area contributed by atoms with Crippen molar-refractivity contribution in [3.05, 3.63) is 23.8 Å². The van der Waals surface area contributed by atoms with Crippen molar-refractivity contribution in [2.75, 3.05) is 20.2 Å². The summed E-state index contributed by atoms with van der Waals surface area (Å²) in [6.07, 6.45) is 4.59. The summed E-state index contributed by atoms with van der Waals surface area (Å²) in [5, 5.41) is 0. The fraction of sp³-hybridized carbons (Fsp3) is 0.538. The molecule has 1 aromatic rings. The molecule has 2 rings (SSSR count). The zero-order valence-electron chi connectivity index (χ0n) is 11.1. The van der Waals surface area contributed by atoms with Gasteiger partial charge >= 0.3 is 5.97 Å². The lowest BCUT2D eigenvalue weighted by atomic mass is 9.98. The summed E-state index contributed by atoms with van der Waals surface area (Å²) in [6.45, 7) is 2.85. The molecule has 0 radical (unpaired) electrons. The molecule has 1 atom stereocenters. The molecule has 1 unspecified atom stereocenters. The number of methoxy groups -OCH3 is 1. The number of aryl methyl sites for hydroxylation is 1. The Labute approximate surface area is 111 Å². The number of ether oxygens (including phenoxy) is 1. The van der Waals surface area contributed by atoms with Crippen LogP contribution >= 0.6 is 0 Å². The molecule has 0 aromatic carbocycles. The van der Waals surface area contributed by atoms with E-state index in [1.54, 1.807) is 11.1 Å². The van der Waals surface area contributed by atoms with E-state index in [4.69, 9.17) is 4.74 Å². The first-order valence-corrected chi connectivity index (χ1v) is 6.27. The average molecular weight is 263 g/mol. The monoisotopic (exact) mass is 263 g/mol. The van der Waals surface area contributed by atoms with Gasteiger partial charge in [-0.25, -0.2) is 4.98 Å². The quantitative estimate of drug-likeness (QED) is 0.738. The van der Waals surface area contributed by atoms with Gasteiger partial charge in [0.1, 0.15) is 5.69 Å². The highest BCUT2D eigenvalue weighted by atomic mass is 16.5. The summed E-state index contributed by atoms with van der Waals surface area (Å²) < 4.78 is 4.73. The van der Waals surface area contributed by atoms with Crippen LogP contribution < -0.4 is 0 Å². The number of aromatic nitrogens is 2. The third-order valence-corrected chi connectivity index (χ3v) is 3.24. The van der Waals surface area contributed by atoms with E-state index in [9.17, 15) is 9.59 Å². The highest BCUT2D eigenvalue weighted by molar-refractivity contribution is 5.92. The Balaban J connectivity index is 2.06. The lowest BCUT2D eigenvalue weighted by Crippen LogP contribution is -2.43. The van der Waals surface area contributed by atoms with Gasteiger partial charge in [0.05, 0.1) is 24.9 Å². The first-order chi connectivity index (χ1) is 9.11. The number of esters is 1. The van der Waals surface area contributed by atoms with Crippen LogP contribution in [0.2, 0.25) is 0 Å². The maximum absolute atomic E-state index is 12.2. The minimum Gasteiger partial charge on any atom is -0.469 e. The van der Waals surface area contributed by atoms with Crippen molar-refractivity contribution in [2.24, 2.45) is 5.92 Å². The summed E-state index contributed by atoms with van der Waals surface area (Å²) in [7, 11) is 1.37. The van der Waals surface area contributed by atoms with E-state index < -0.39 is 0 Å². The fourth-order valence-corrected chi connectivity index (χ4v) is 2.19. The van der Waals surface area contributed by atoms with Gasteiger partial charge in [-0.3, -0.25) is 14.6 Å². The van der Waals surface area contributed by atoms with Crippen molar-refractivity contribution < 1.29 is 14.3 Å². The Morgan fingerprint density at radius 2 is 2.16 bits per heavy atom. The van der Waals surface area contributed by atoms with Crippen LogP contribution in [0.1, 0.15) is 29.0 Å². The second kappa shape index (κ2) is 5.77. The number of rotatable bonds is 2. The van der Waals surface area contributed by atoms with Crippen molar-refractivity contribution in [3.63, 3.8) is 0 Å². The summed E-state index contributed by atoms with van der Waals surface area (Å²) in [4.78, 5) is 33.5. The molecule has 0 bridgehead atoms. The second-order valence-corrected chi connectivity index (χ2v) is 4.66. The molecule has 6 nitrogen and oxygen atoms in total. The van der Waals surface area contributed by atoms with Crippen molar-refractivity contribution in [1.82, 2.24) is 14.9 Å². The molecule has 1 aliphatic rings. The minimum absolute atomic E-state index is 0.180. The van der Waals surface area contributed by atoms with Gasteiger partial charge < -0.3 is 9.64 Å². The summed E-state index contributed by atoms with van der Waals surface area (Å²) in [5.41, 5.74) is 1.08. The molecule has 102 valence electrons. The maximum Gasteiger partial charge on any atom is 0.310 e.